The van der Waals surface area contributed by atoms with Crippen LogP contribution >= 0.6 is 0 Å². The summed E-state index contributed by atoms with van der Waals surface area (Å²) < 4.78 is 10.4. The largest absolute Gasteiger partial charge is 0.497 e. The molecule has 106 valence electrons. The summed E-state index contributed by atoms with van der Waals surface area (Å²) in [5, 5.41) is 2.21. The maximum absolute atomic E-state index is 5.70. The number of nitrogens with two attached hydrogens (primary N) is 1. The van der Waals surface area contributed by atoms with Crippen molar-refractivity contribution < 1.29 is 9.47 Å². The predicted octanol–water partition coefficient (Wildman–Crippen LogP) is 2.90. The number of methoxy groups -OCH3 is 2. The van der Waals surface area contributed by atoms with Crippen molar-refractivity contribution in [1.29, 1.82) is 0 Å². The Hall–Kier alpha value is -2.82. The van der Waals surface area contributed by atoms with Crippen molar-refractivity contribution in [2.45, 2.75) is 0 Å². The molecule has 5 heteroatoms. The van der Waals surface area contributed by atoms with Gasteiger partial charge in [-0.2, -0.15) is 4.98 Å². The Kier molecular flexibility index (Phi) is 3.31. The van der Waals surface area contributed by atoms with Gasteiger partial charge in [0.15, 0.2) is 0 Å². The summed E-state index contributed by atoms with van der Waals surface area (Å²) >= 11 is 0. The molecular weight excluding hydrogens is 266 g/mol. The fraction of sp³-hybridized carbons (Fsp3) is 0.125. The van der Waals surface area contributed by atoms with E-state index in [4.69, 9.17) is 15.2 Å². The van der Waals surface area contributed by atoms with Crippen LogP contribution in [0.3, 0.4) is 0 Å². The lowest BCUT2D eigenvalue weighted by molar-refractivity contribution is 0.398. The molecule has 21 heavy (non-hydrogen) atoms. The molecule has 1 aromatic heterocycles. The Morgan fingerprint density at radius 1 is 0.857 bits per heavy atom. The highest BCUT2D eigenvalue weighted by Crippen LogP contribution is 2.27. The number of hydrogen-bond acceptors (Lipinski definition) is 5. The molecule has 0 spiro atoms. The van der Waals surface area contributed by atoms with Crippen LogP contribution in [0, 0.1) is 0 Å². The summed E-state index contributed by atoms with van der Waals surface area (Å²) in [5.41, 5.74) is 7.40. The minimum absolute atomic E-state index is 0.194. The van der Waals surface area contributed by atoms with Gasteiger partial charge in [0.1, 0.15) is 5.75 Å². The summed E-state index contributed by atoms with van der Waals surface area (Å²) in [6, 6.07) is 13.8. The van der Waals surface area contributed by atoms with Crippen molar-refractivity contribution in [3.05, 3.63) is 42.5 Å². The first-order chi connectivity index (χ1) is 10.2. The Morgan fingerprint density at radius 2 is 1.62 bits per heavy atom. The van der Waals surface area contributed by atoms with Crippen LogP contribution in [0.2, 0.25) is 0 Å². The van der Waals surface area contributed by atoms with Crippen LogP contribution in [0.1, 0.15) is 0 Å². The van der Waals surface area contributed by atoms with Crippen LogP contribution in [0.25, 0.3) is 22.0 Å². The second-order valence-corrected chi connectivity index (χ2v) is 4.58. The van der Waals surface area contributed by atoms with E-state index in [1.54, 1.807) is 20.3 Å². The summed E-state index contributed by atoms with van der Waals surface area (Å²) in [4.78, 5) is 8.25. The highest BCUT2D eigenvalue weighted by atomic mass is 16.5. The number of hydrogen-bond donors (Lipinski definition) is 1. The summed E-state index contributed by atoms with van der Waals surface area (Å²) in [6.45, 7) is 0. The Bertz CT molecular complexity index is 803. The zero-order chi connectivity index (χ0) is 14.8. The quantitative estimate of drug-likeness (QED) is 0.799. The van der Waals surface area contributed by atoms with Gasteiger partial charge in [0.25, 0.3) is 0 Å². The lowest BCUT2D eigenvalue weighted by Gasteiger charge is -2.07. The molecule has 5 nitrogen and oxygen atoms in total. The molecule has 3 rings (SSSR count). The molecule has 2 aromatic carbocycles. The van der Waals surface area contributed by atoms with Gasteiger partial charge in [-0.15, -0.1) is 0 Å². The van der Waals surface area contributed by atoms with Crippen LogP contribution in [-0.4, -0.2) is 24.2 Å². The number of rotatable bonds is 3. The Balaban J connectivity index is 2.10. The maximum Gasteiger partial charge on any atom is 0.223 e. The fourth-order valence-corrected chi connectivity index (χ4v) is 2.21. The first-order valence-corrected chi connectivity index (χ1v) is 6.46. The van der Waals surface area contributed by atoms with Gasteiger partial charge in [-0.05, 0) is 29.0 Å². The molecule has 0 atom stereocenters. The van der Waals surface area contributed by atoms with Gasteiger partial charge in [0.05, 0.1) is 19.9 Å². The van der Waals surface area contributed by atoms with Gasteiger partial charge in [-0.3, -0.25) is 0 Å². The highest BCUT2D eigenvalue weighted by molar-refractivity contribution is 5.88. The molecule has 0 radical (unpaired) electrons. The van der Waals surface area contributed by atoms with Gasteiger partial charge in [0.2, 0.25) is 11.8 Å². The molecule has 0 saturated heterocycles. The van der Waals surface area contributed by atoms with E-state index in [2.05, 4.69) is 16.0 Å². The van der Waals surface area contributed by atoms with Gasteiger partial charge in [0, 0.05) is 11.6 Å². The third-order valence-corrected chi connectivity index (χ3v) is 3.27. The van der Waals surface area contributed by atoms with Gasteiger partial charge in [-0.1, -0.05) is 18.2 Å². The number of nitrogens with zero attached hydrogens (tertiary/aromatic N) is 2. The summed E-state index contributed by atoms with van der Waals surface area (Å²) in [5.74, 6) is 1.48. The molecule has 0 saturated carbocycles. The van der Waals surface area contributed by atoms with Crippen molar-refractivity contribution in [2.75, 3.05) is 20.0 Å². The minimum Gasteiger partial charge on any atom is -0.497 e. The molecule has 0 unspecified atom stereocenters. The number of aromatic nitrogens is 2. The van der Waals surface area contributed by atoms with E-state index in [1.807, 2.05) is 30.3 Å². The predicted molar refractivity (Wildman–Crippen MR) is 82.5 cm³/mol. The zero-order valence-corrected chi connectivity index (χ0v) is 11.8. The number of benzene rings is 2. The second-order valence-electron chi connectivity index (χ2n) is 4.58. The van der Waals surface area contributed by atoms with Crippen molar-refractivity contribution in [3.8, 4) is 22.9 Å². The van der Waals surface area contributed by atoms with Crippen LogP contribution in [0.5, 0.6) is 11.6 Å². The summed E-state index contributed by atoms with van der Waals surface area (Å²) in [6.07, 6.45) is 0. The van der Waals surface area contributed by atoms with E-state index in [0.29, 0.717) is 5.88 Å². The number of fused-ring (bicyclic) bond motifs is 1. The van der Waals surface area contributed by atoms with Gasteiger partial charge in [-0.25, -0.2) is 4.98 Å². The smallest absolute Gasteiger partial charge is 0.223 e. The van der Waals surface area contributed by atoms with Crippen LogP contribution < -0.4 is 15.2 Å². The van der Waals surface area contributed by atoms with E-state index in [0.717, 1.165) is 27.8 Å². The fourth-order valence-electron chi connectivity index (χ4n) is 2.21. The first-order valence-electron chi connectivity index (χ1n) is 6.46. The van der Waals surface area contributed by atoms with Crippen LogP contribution in [0.4, 0.5) is 5.95 Å². The Morgan fingerprint density at radius 3 is 2.38 bits per heavy atom. The average molecular weight is 281 g/mol. The zero-order valence-electron chi connectivity index (χ0n) is 11.8. The van der Waals surface area contributed by atoms with E-state index in [-0.39, 0.29) is 5.95 Å². The standard InChI is InChI=1S/C16H15N3O2/c1-20-13-6-5-10-7-12(4-3-11(10)8-13)14-9-15(21-2)19-16(17)18-14/h3-9H,1-2H3,(H2,17,18,19). The number of ether oxygens (including phenoxy) is 2. The summed E-state index contributed by atoms with van der Waals surface area (Å²) in [7, 11) is 3.21. The van der Waals surface area contributed by atoms with Crippen molar-refractivity contribution in [1.82, 2.24) is 9.97 Å². The van der Waals surface area contributed by atoms with E-state index in [9.17, 15) is 0 Å². The first kappa shape index (κ1) is 13.2. The van der Waals surface area contributed by atoms with E-state index < -0.39 is 0 Å². The van der Waals surface area contributed by atoms with Crippen LogP contribution in [0.15, 0.2) is 42.5 Å². The maximum atomic E-state index is 5.70. The molecular formula is C16H15N3O2. The normalized spacial score (nSPS) is 10.6. The van der Waals surface area contributed by atoms with E-state index in [1.165, 1.54) is 0 Å². The molecule has 0 aliphatic carbocycles. The number of anilines is 1. The van der Waals surface area contributed by atoms with Gasteiger partial charge < -0.3 is 15.2 Å². The molecule has 0 fully saturated rings. The molecule has 1 heterocycles. The molecule has 0 bridgehead atoms. The third-order valence-electron chi connectivity index (χ3n) is 3.27. The lowest BCUT2D eigenvalue weighted by Crippen LogP contribution is -1.99. The topological polar surface area (TPSA) is 70.3 Å². The van der Waals surface area contributed by atoms with Gasteiger partial charge >= 0.3 is 0 Å². The average Bonchev–Trinajstić information content (AvgIpc) is 2.53. The van der Waals surface area contributed by atoms with Crippen molar-refractivity contribution in [3.63, 3.8) is 0 Å². The molecule has 3 aromatic rings. The monoisotopic (exact) mass is 281 g/mol. The molecule has 0 aliphatic heterocycles. The molecule has 2 N–H and O–H groups in total. The highest BCUT2D eigenvalue weighted by Gasteiger charge is 2.06. The van der Waals surface area contributed by atoms with E-state index >= 15 is 0 Å². The lowest BCUT2D eigenvalue weighted by atomic mass is 10.0. The minimum atomic E-state index is 0.194. The number of nitrogen functional groups attached to an aromatic ring is 1. The Labute approximate surface area is 122 Å². The molecule has 0 aliphatic rings. The SMILES string of the molecule is COc1ccc2cc(-c3cc(OC)nc(N)n3)ccc2c1. The van der Waals surface area contributed by atoms with Crippen molar-refractivity contribution >= 4 is 16.7 Å². The third kappa shape index (κ3) is 2.58. The van der Waals surface area contributed by atoms with Crippen molar-refractivity contribution in [2.24, 2.45) is 0 Å². The second kappa shape index (κ2) is 5.28. The van der Waals surface area contributed by atoms with Crippen LogP contribution in [-0.2, 0) is 0 Å². The molecule has 0 amide bonds.